The summed E-state index contributed by atoms with van der Waals surface area (Å²) in [5.41, 5.74) is 0.834. The summed E-state index contributed by atoms with van der Waals surface area (Å²) < 4.78 is 14.7. The highest BCUT2D eigenvalue weighted by atomic mass is 32.1. The largest absolute Gasteiger partial charge is 0.352 e. The molecule has 0 spiro atoms. The first kappa shape index (κ1) is 19.3. The van der Waals surface area contributed by atoms with E-state index in [0.717, 1.165) is 4.88 Å². The fraction of sp³-hybridized carbons (Fsp3) is 0.227. The number of nitrogens with one attached hydrogen (secondary N) is 1. The Morgan fingerprint density at radius 1 is 1.14 bits per heavy atom. The van der Waals surface area contributed by atoms with Gasteiger partial charge in [-0.25, -0.2) is 4.39 Å². The molecule has 1 amide bonds. The zero-order chi connectivity index (χ0) is 20.4. The number of pyridine rings is 1. The van der Waals surface area contributed by atoms with Gasteiger partial charge in [0, 0.05) is 34.8 Å². The number of thiophene rings is 1. The molecule has 0 fully saturated rings. The number of ketones is 1. The van der Waals surface area contributed by atoms with E-state index in [1.165, 1.54) is 34.9 Å². The highest BCUT2D eigenvalue weighted by molar-refractivity contribution is 7.09. The van der Waals surface area contributed by atoms with Crippen LogP contribution in [0, 0.1) is 5.82 Å². The maximum Gasteiger partial charge on any atom is 0.268 e. The Kier molecular flexibility index (Phi) is 5.40. The van der Waals surface area contributed by atoms with E-state index in [-0.39, 0.29) is 11.3 Å². The minimum absolute atomic E-state index is 0.0745. The van der Waals surface area contributed by atoms with Crippen LogP contribution in [0.2, 0.25) is 0 Å². The van der Waals surface area contributed by atoms with Crippen molar-refractivity contribution >= 4 is 23.0 Å². The van der Waals surface area contributed by atoms with Gasteiger partial charge in [-0.3, -0.25) is 19.0 Å². The quantitative estimate of drug-likeness (QED) is 0.700. The SMILES string of the molecule is O=C1CCCc2c1cc(C(=O)NCCc1cccs1)c(=O)n2-c1ccc(F)cc1. The molecule has 1 aliphatic carbocycles. The van der Waals surface area contributed by atoms with Gasteiger partial charge in [0.2, 0.25) is 0 Å². The van der Waals surface area contributed by atoms with Crippen molar-refractivity contribution in [3.05, 3.63) is 85.7 Å². The molecule has 4 rings (SSSR count). The van der Waals surface area contributed by atoms with E-state index in [1.807, 2.05) is 17.5 Å². The van der Waals surface area contributed by atoms with Crippen LogP contribution in [0.4, 0.5) is 4.39 Å². The standard InChI is InChI=1S/C22H19FN2O3S/c23-14-6-8-15(9-7-14)25-19-4-1-5-20(26)17(19)13-18(22(25)28)21(27)24-11-10-16-3-2-12-29-16/h2-3,6-9,12-13H,1,4-5,10-11H2,(H,24,27). The van der Waals surface area contributed by atoms with Crippen molar-refractivity contribution in [2.45, 2.75) is 25.7 Å². The molecule has 1 aliphatic rings. The second kappa shape index (κ2) is 8.13. The predicted molar refractivity (Wildman–Crippen MR) is 110 cm³/mol. The average Bonchev–Trinajstić information content (AvgIpc) is 3.22. The number of amides is 1. The topological polar surface area (TPSA) is 68.2 Å². The molecule has 5 nitrogen and oxygen atoms in total. The highest BCUT2D eigenvalue weighted by Crippen LogP contribution is 2.23. The molecule has 148 valence electrons. The van der Waals surface area contributed by atoms with Gasteiger partial charge in [0.15, 0.2) is 5.78 Å². The Morgan fingerprint density at radius 3 is 2.66 bits per heavy atom. The van der Waals surface area contributed by atoms with Crippen LogP contribution in [-0.2, 0) is 12.8 Å². The fourth-order valence-electron chi connectivity index (χ4n) is 3.57. The molecule has 2 heterocycles. The van der Waals surface area contributed by atoms with E-state index in [4.69, 9.17) is 0 Å². The van der Waals surface area contributed by atoms with Crippen LogP contribution >= 0.6 is 11.3 Å². The van der Waals surface area contributed by atoms with Crippen molar-refractivity contribution in [2.24, 2.45) is 0 Å². The molecular weight excluding hydrogens is 391 g/mol. The van der Waals surface area contributed by atoms with Gasteiger partial charge in [0.1, 0.15) is 11.4 Å². The minimum atomic E-state index is -0.511. The van der Waals surface area contributed by atoms with Crippen molar-refractivity contribution in [2.75, 3.05) is 6.54 Å². The maximum absolute atomic E-state index is 13.4. The lowest BCUT2D eigenvalue weighted by atomic mass is 9.92. The number of benzene rings is 1. The summed E-state index contributed by atoms with van der Waals surface area (Å²) >= 11 is 1.60. The molecule has 0 saturated carbocycles. The van der Waals surface area contributed by atoms with Gasteiger partial charge in [-0.2, -0.15) is 0 Å². The molecule has 7 heteroatoms. The molecule has 1 N–H and O–H groups in total. The molecule has 0 bridgehead atoms. The third-order valence-electron chi connectivity index (χ3n) is 4.99. The number of Topliss-reactive ketones (excluding diaryl/α,β-unsaturated/α-hetero) is 1. The van der Waals surface area contributed by atoms with Gasteiger partial charge in [0.05, 0.1) is 0 Å². The van der Waals surface area contributed by atoms with Crippen molar-refractivity contribution in [1.29, 1.82) is 0 Å². The van der Waals surface area contributed by atoms with Crippen LogP contribution in [0.3, 0.4) is 0 Å². The first-order valence-corrected chi connectivity index (χ1v) is 10.3. The summed E-state index contributed by atoms with van der Waals surface area (Å²) in [5, 5.41) is 4.74. The summed E-state index contributed by atoms with van der Waals surface area (Å²) in [6.07, 6.45) is 2.24. The number of carbonyl (C=O) groups is 2. The lowest BCUT2D eigenvalue weighted by Crippen LogP contribution is -2.36. The van der Waals surface area contributed by atoms with E-state index in [0.29, 0.717) is 49.2 Å². The van der Waals surface area contributed by atoms with Gasteiger partial charge in [-0.15, -0.1) is 11.3 Å². The highest BCUT2D eigenvalue weighted by Gasteiger charge is 2.26. The van der Waals surface area contributed by atoms with Crippen molar-refractivity contribution < 1.29 is 14.0 Å². The predicted octanol–water partition coefficient (Wildman–Crippen LogP) is 3.53. The molecule has 0 radical (unpaired) electrons. The van der Waals surface area contributed by atoms with E-state index >= 15 is 0 Å². The Balaban J connectivity index is 1.72. The Morgan fingerprint density at radius 2 is 1.93 bits per heavy atom. The fourth-order valence-corrected chi connectivity index (χ4v) is 4.28. The number of fused-ring (bicyclic) bond motifs is 1. The van der Waals surface area contributed by atoms with Crippen LogP contribution in [0.5, 0.6) is 0 Å². The second-order valence-electron chi connectivity index (χ2n) is 6.90. The van der Waals surface area contributed by atoms with Gasteiger partial charge < -0.3 is 5.32 Å². The van der Waals surface area contributed by atoms with Crippen LogP contribution in [0.25, 0.3) is 5.69 Å². The molecule has 0 aliphatic heterocycles. The number of aromatic nitrogens is 1. The number of hydrogen-bond donors (Lipinski definition) is 1. The van der Waals surface area contributed by atoms with Crippen LogP contribution in [-0.4, -0.2) is 22.8 Å². The van der Waals surface area contributed by atoms with Crippen molar-refractivity contribution in [1.82, 2.24) is 9.88 Å². The zero-order valence-corrected chi connectivity index (χ0v) is 16.4. The second-order valence-corrected chi connectivity index (χ2v) is 7.93. The third-order valence-corrected chi connectivity index (χ3v) is 5.92. The lowest BCUT2D eigenvalue weighted by Gasteiger charge is -2.21. The average molecular weight is 410 g/mol. The summed E-state index contributed by atoms with van der Waals surface area (Å²) in [5.74, 6) is -1.02. The number of hydrogen-bond acceptors (Lipinski definition) is 4. The van der Waals surface area contributed by atoms with E-state index < -0.39 is 17.3 Å². The number of nitrogens with zero attached hydrogens (tertiary/aromatic N) is 1. The first-order chi connectivity index (χ1) is 14.0. The summed E-state index contributed by atoms with van der Waals surface area (Å²) in [7, 11) is 0. The smallest absolute Gasteiger partial charge is 0.268 e. The van der Waals surface area contributed by atoms with E-state index in [2.05, 4.69) is 5.32 Å². The monoisotopic (exact) mass is 410 g/mol. The van der Waals surface area contributed by atoms with Gasteiger partial charge in [0.25, 0.3) is 11.5 Å². The zero-order valence-electron chi connectivity index (χ0n) is 15.6. The van der Waals surface area contributed by atoms with Crippen LogP contribution in [0.1, 0.15) is 44.1 Å². The molecule has 29 heavy (non-hydrogen) atoms. The summed E-state index contributed by atoms with van der Waals surface area (Å²) in [4.78, 5) is 39.5. The number of carbonyl (C=O) groups excluding carboxylic acids is 2. The third kappa shape index (κ3) is 3.91. The van der Waals surface area contributed by atoms with Crippen molar-refractivity contribution in [3.63, 3.8) is 0 Å². The van der Waals surface area contributed by atoms with Crippen LogP contribution < -0.4 is 10.9 Å². The van der Waals surface area contributed by atoms with E-state index in [1.54, 1.807) is 11.3 Å². The molecule has 0 saturated heterocycles. The Labute approximate surface area is 170 Å². The van der Waals surface area contributed by atoms with E-state index in [9.17, 15) is 18.8 Å². The molecule has 3 aromatic rings. The molecule has 2 aromatic heterocycles. The Hall–Kier alpha value is -3.06. The van der Waals surface area contributed by atoms with Gasteiger partial charge >= 0.3 is 0 Å². The molecular formula is C22H19FN2O3S. The summed E-state index contributed by atoms with van der Waals surface area (Å²) in [6.45, 7) is 0.389. The first-order valence-electron chi connectivity index (χ1n) is 9.43. The molecule has 0 atom stereocenters. The molecule has 1 aromatic carbocycles. The minimum Gasteiger partial charge on any atom is -0.352 e. The van der Waals surface area contributed by atoms with Gasteiger partial charge in [-0.1, -0.05) is 6.07 Å². The van der Waals surface area contributed by atoms with Gasteiger partial charge in [-0.05, 0) is 61.0 Å². The number of halogens is 1. The van der Waals surface area contributed by atoms with Crippen molar-refractivity contribution in [3.8, 4) is 5.69 Å². The summed E-state index contributed by atoms with van der Waals surface area (Å²) in [6, 6.07) is 10.8. The normalized spacial score (nSPS) is 13.2. The molecule has 0 unspecified atom stereocenters. The van der Waals surface area contributed by atoms with Crippen LogP contribution in [0.15, 0.2) is 52.6 Å². The maximum atomic E-state index is 13.4. The lowest BCUT2D eigenvalue weighted by molar-refractivity contribution is 0.0952. The number of rotatable bonds is 5. The Bertz CT molecular complexity index is 1120.